The number of rotatable bonds is 17. The quantitative estimate of drug-likeness (QED) is 0.110. The Morgan fingerprint density at radius 2 is 1.52 bits per heavy atom. The van der Waals surface area contributed by atoms with Crippen molar-refractivity contribution in [3.05, 3.63) is 83.9 Å². The van der Waals surface area contributed by atoms with Crippen molar-refractivity contribution in [2.45, 2.75) is 70.3 Å². The molecule has 2 aromatic rings. The molecule has 2 aliphatic carbocycles. The third-order valence-electron chi connectivity index (χ3n) is 9.06. The molecule has 0 aromatic heterocycles. The zero-order chi connectivity index (χ0) is 30.2. The average Bonchev–Trinajstić information content (AvgIpc) is 3.46. The second-order valence-corrected chi connectivity index (χ2v) is 14.6. The summed E-state index contributed by atoms with van der Waals surface area (Å²) in [6, 6.07) is 21.3. The van der Waals surface area contributed by atoms with Gasteiger partial charge < -0.3 is 14.5 Å². The Morgan fingerprint density at radius 3 is 2.19 bits per heavy atom. The van der Waals surface area contributed by atoms with Gasteiger partial charge in [-0.15, -0.1) is 0 Å². The van der Waals surface area contributed by atoms with Crippen LogP contribution < -0.4 is 0 Å². The van der Waals surface area contributed by atoms with Crippen molar-refractivity contribution >= 4 is 19.0 Å². The Morgan fingerprint density at radius 1 is 0.929 bits per heavy atom. The number of phosphoric acid groups is 1. The lowest BCUT2D eigenvalue weighted by molar-refractivity contribution is -0.870. The number of aliphatic hydroxyl groups is 1. The topological polar surface area (TPSA) is 76.0 Å². The van der Waals surface area contributed by atoms with Crippen molar-refractivity contribution in [3.8, 4) is 0 Å². The number of benzene rings is 2. The van der Waals surface area contributed by atoms with Crippen molar-refractivity contribution in [1.29, 1.82) is 0 Å². The molecule has 42 heavy (non-hydrogen) atoms. The van der Waals surface area contributed by atoms with Crippen molar-refractivity contribution < 1.29 is 28.1 Å². The van der Waals surface area contributed by atoms with Crippen LogP contribution in [0.15, 0.2) is 72.8 Å². The van der Waals surface area contributed by atoms with Crippen LogP contribution >= 0.6 is 7.82 Å². The predicted octanol–water partition coefficient (Wildman–Crippen LogP) is 7.89. The molecule has 6 nitrogen and oxygen atoms in total. The fraction of sp³-hybridized carbons (Fsp3) is 0.543. The van der Waals surface area contributed by atoms with E-state index in [-0.39, 0.29) is 30.7 Å². The van der Waals surface area contributed by atoms with Gasteiger partial charge in [0.25, 0.3) is 0 Å². The minimum atomic E-state index is -3.97. The maximum absolute atomic E-state index is 12.0. The first-order valence-electron chi connectivity index (χ1n) is 15.7. The van der Waals surface area contributed by atoms with E-state index in [0.29, 0.717) is 11.0 Å². The maximum Gasteiger partial charge on any atom is 0.472 e. The molecule has 1 unspecified atom stereocenters. The van der Waals surface area contributed by atoms with Crippen molar-refractivity contribution in [2.24, 2.45) is 11.3 Å². The van der Waals surface area contributed by atoms with Gasteiger partial charge in [-0.05, 0) is 60.8 Å². The lowest BCUT2D eigenvalue weighted by atomic mass is 9.66. The number of hydrogen-bond donors (Lipinski definition) is 2. The smallest absolute Gasteiger partial charge is 0.393 e. The van der Waals surface area contributed by atoms with E-state index >= 15 is 0 Å². The minimum absolute atomic E-state index is 0.175. The van der Waals surface area contributed by atoms with E-state index in [0.717, 1.165) is 69.8 Å². The number of unbranched alkanes of at least 4 members (excludes halogenated alkanes) is 5. The number of aliphatic hydroxyl groups excluding tert-OH is 1. The summed E-state index contributed by atoms with van der Waals surface area (Å²) in [4.78, 5) is 9.86. The Bertz CT molecular complexity index is 1240. The highest BCUT2D eigenvalue weighted by molar-refractivity contribution is 7.47. The summed E-state index contributed by atoms with van der Waals surface area (Å²) < 4.78 is 22.9. The van der Waals surface area contributed by atoms with Crippen molar-refractivity contribution in [1.82, 2.24) is 0 Å². The lowest BCUT2D eigenvalue weighted by Crippen LogP contribution is -2.37. The van der Waals surface area contributed by atoms with Gasteiger partial charge in [0.15, 0.2) is 0 Å². The fourth-order valence-electron chi connectivity index (χ4n) is 6.91. The molecular formula is C35H51NO5P+. The van der Waals surface area contributed by atoms with Crippen LogP contribution in [0, 0.1) is 11.3 Å². The summed E-state index contributed by atoms with van der Waals surface area (Å²) in [5.41, 5.74) is 6.26. The van der Waals surface area contributed by atoms with Gasteiger partial charge in [-0.25, -0.2) is 4.57 Å². The summed E-state index contributed by atoms with van der Waals surface area (Å²) in [6.07, 6.45) is 9.58. The molecule has 2 N–H and O–H groups in total. The number of hydrogen-bond acceptors (Lipinski definition) is 4. The molecule has 0 saturated heterocycles. The second-order valence-electron chi connectivity index (χ2n) is 13.1. The largest absolute Gasteiger partial charge is 0.472 e. The molecule has 1 saturated carbocycles. The van der Waals surface area contributed by atoms with Crippen molar-refractivity contribution in [2.75, 3.05) is 40.9 Å². The van der Waals surface area contributed by atoms with E-state index < -0.39 is 7.82 Å². The van der Waals surface area contributed by atoms with Crippen LogP contribution in [-0.2, 0) is 13.6 Å². The Kier molecular flexibility index (Phi) is 11.4. The minimum Gasteiger partial charge on any atom is -0.393 e. The van der Waals surface area contributed by atoms with Crippen LogP contribution in [0.4, 0.5) is 0 Å². The van der Waals surface area contributed by atoms with E-state index in [1.807, 2.05) is 27.2 Å². The van der Waals surface area contributed by atoms with E-state index in [9.17, 15) is 14.6 Å². The molecular weight excluding hydrogens is 545 g/mol. The number of phosphoric ester groups is 1. The molecule has 0 radical (unpaired) electrons. The van der Waals surface area contributed by atoms with E-state index in [4.69, 9.17) is 9.05 Å². The summed E-state index contributed by atoms with van der Waals surface area (Å²) in [5.74, 6) is 0.175. The highest BCUT2D eigenvalue weighted by atomic mass is 31.2. The zero-order valence-corrected chi connectivity index (χ0v) is 26.7. The van der Waals surface area contributed by atoms with Crippen LogP contribution in [0.1, 0.15) is 75.3 Å². The summed E-state index contributed by atoms with van der Waals surface area (Å²) in [5, 5.41) is 11.2. The van der Waals surface area contributed by atoms with E-state index in [1.165, 1.54) is 22.3 Å². The van der Waals surface area contributed by atoms with Gasteiger partial charge in [-0.1, -0.05) is 98.5 Å². The standard InChI is InChI=1S/C35H50NO5P/c1-28(29-17-12-9-13-18-29)35-23-22-33(37)32(35)27-31(34(35)30-19-14-10-15-20-30)21-11-7-5-6-8-16-25-40-42(38,39)41-26-24-36(2,3)4/h9-10,12-15,17-20,32-33,37H,1,5-8,11,16,21-27H2,2-4H3/p+1/t32-,33+,35-/m0/s1. The van der Waals surface area contributed by atoms with Gasteiger partial charge in [-0.3, -0.25) is 9.05 Å². The molecule has 1 fully saturated rings. The number of fused-ring (bicyclic) bond motifs is 1. The molecule has 2 aromatic carbocycles. The summed E-state index contributed by atoms with van der Waals surface area (Å²) in [6.45, 7) is 5.75. The second kappa shape index (κ2) is 14.6. The third kappa shape index (κ3) is 8.31. The molecule has 0 spiro atoms. The highest BCUT2D eigenvalue weighted by Crippen LogP contribution is 2.66. The monoisotopic (exact) mass is 596 g/mol. The molecule has 0 aliphatic heterocycles. The highest BCUT2D eigenvalue weighted by Gasteiger charge is 2.56. The Hall–Kier alpha value is -2.05. The van der Waals surface area contributed by atoms with Gasteiger partial charge in [0, 0.05) is 11.3 Å². The molecule has 4 rings (SSSR count). The third-order valence-corrected chi connectivity index (χ3v) is 10.1. The molecule has 0 amide bonds. The lowest BCUT2D eigenvalue weighted by Gasteiger charge is -2.37. The number of likely N-dealkylation sites (N-methyl/N-ethyl adjacent to an activating group) is 1. The van der Waals surface area contributed by atoms with Gasteiger partial charge in [-0.2, -0.15) is 0 Å². The van der Waals surface area contributed by atoms with Gasteiger partial charge >= 0.3 is 7.82 Å². The summed E-state index contributed by atoms with van der Waals surface area (Å²) in [7, 11) is 2.05. The molecule has 0 bridgehead atoms. The van der Waals surface area contributed by atoms with Crippen molar-refractivity contribution in [3.63, 3.8) is 0 Å². The van der Waals surface area contributed by atoms with Crippen LogP contribution in [0.25, 0.3) is 11.1 Å². The fourth-order valence-corrected chi connectivity index (χ4v) is 7.65. The number of allylic oxidation sites excluding steroid dienone is 3. The predicted molar refractivity (Wildman–Crippen MR) is 172 cm³/mol. The number of nitrogens with zero attached hydrogens (tertiary/aromatic N) is 1. The molecule has 4 atom stereocenters. The Labute approximate surface area is 253 Å². The first kappa shape index (κ1) is 32.9. The van der Waals surface area contributed by atoms with Gasteiger partial charge in [0.05, 0.1) is 33.9 Å². The number of quaternary nitrogens is 1. The van der Waals surface area contributed by atoms with Crippen LogP contribution in [-0.4, -0.2) is 61.5 Å². The maximum atomic E-state index is 12.0. The van der Waals surface area contributed by atoms with Gasteiger partial charge in [0.1, 0.15) is 13.2 Å². The van der Waals surface area contributed by atoms with Crippen LogP contribution in [0.5, 0.6) is 0 Å². The first-order chi connectivity index (χ1) is 20.0. The molecule has 0 heterocycles. The van der Waals surface area contributed by atoms with Crippen LogP contribution in [0.3, 0.4) is 0 Å². The molecule has 230 valence electrons. The van der Waals surface area contributed by atoms with E-state index in [1.54, 1.807) is 0 Å². The SMILES string of the molecule is C=C(c1ccccc1)[C@@]12CC[C@@H](O)[C@@H]1CC(CCCCCCCCOP(=O)(O)OCC[N+](C)(C)C)=C2c1ccccc1. The van der Waals surface area contributed by atoms with E-state index in [2.05, 4.69) is 61.2 Å². The molecule has 7 heteroatoms. The first-order valence-corrected chi connectivity index (χ1v) is 17.2. The molecule has 2 aliphatic rings. The van der Waals surface area contributed by atoms with Gasteiger partial charge in [0.2, 0.25) is 0 Å². The Balaban J connectivity index is 1.30. The average molecular weight is 597 g/mol. The normalized spacial score (nSPS) is 23.6. The van der Waals surface area contributed by atoms with Crippen LogP contribution in [0.2, 0.25) is 0 Å². The zero-order valence-electron chi connectivity index (χ0n) is 25.8. The summed E-state index contributed by atoms with van der Waals surface area (Å²) >= 11 is 0.